The molecule has 0 aliphatic heterocycles. The first-order valence-electron chi connectivity index (χ1n) is 8.39. The van der Waals surface area contributed by atoms with Gasteiger partial charge in [0.2, 0.25) is 5.78 Å². The second-order valence-electron chi connectivity index (χ2n) is 7.70. The highest BCUT2D eigenvalue weighted by Crippen LogP contribution is 2.42. The van der Waals surface area contributed by atoms with E-state index in [1.54, 1.807) is 28.3 Å². The molecule has 1 atom stereocenters. The molecule has 0 saturated carbocycles. The number of nitrogens with zero attached hydrogens (tertiary/aromatic N) is 4. The lowest BCUT2D eigenvalue weighted by Crippen LogP contribution is -2.27. The number of allylic oxidation sites excluding steroid dienone is 1. The van der Waals surface area contributed by atoms with Gasteiger partial charge in [0.1, 0.15) is 11.2 Å². The summed E-state index contributed by atoms with van der Waals surface area (Å²) in [6.45, 7) is 11.1. The molecule has 1 unspecified atom stereocenters. The summed E-state index contributed by atoms with van der Waals surface area (Å²) in [5.41, 5.74) is 1.58. The third kappa shape index (κ3) is 2.16. The van der Waals surface area contributed by atoms with Crippen molar-refractivity contribution in [2.75, 3.05) is 0 Å². The SMILES string of the molecule is C=CCn1c(=O)c2c3c(sc2n2cnnc12)CC(C(C)(C)C)CC3. The molecule has 0 spiro atoms. The van der Waals surface area contributed by atoms with Gasteiger partial charge in [-0.1, -0.05) is 26.8 Å². The number of hydrogen-bond acceptors (Lipinski definition) is 4. The van der Waals surface area contributed by atoms with Crippen LogP contribution in [0.1, 0.15) is 37.6 Å². The highest BCUT2D eigenvalue weighted by molar-refractivity contribution is 7.18. The van der Waals surface area contributed by atoms with E-state index in [1.165, 1.54) is 10.4 Å². The Bertz CT molecular complexity index is 1000. The second-order valence-corrected chi connectivity index (χ2v) is 8.78. The zero-order valence-electron chi connectivity index (χ0n) is 14.4. The maximum Gasteiger partial charge on any atom is 0.264 e. The Balaban J connectivity index is 2.00. The molecule has 1 aliphatic carbocycles. The predicted molar refractivity (Wildman–Crippen MR) is 97.8 cm³/mol. The first-order chi connectivity index (χ1) is 11.4. The Kier molecular flexibility index (Phi) is 3.42. The van der Waals surface area contributed by atoms with E-state index >= 15 is 0 Å². The van der Waals surface area contributed by atoms with Gasteiger partial charge in [0.05, 0.1) is 5.39 Å². The molecule has 6 heteroatoms. The summed E-state index contributed by atoms with van der Waals surface area (Å²) in [7, 11) is 0. The molecule has 3 heterocycles. The number of thiophene rings is 1. The van der Waals surface area contributed by atoms with Crippen LogP contribution in [-0.2, 0) is 19.4 Å². The third-order valence-electron chi connectivity index (χ3n) is 5.23. The van der Waals surface area contributed by atoms with Gasteiger partial charge >= 0.3 is 0 Å². The fourth-order valence-electron chi connectivity index (χ4n) is 3.78. The van der Waals surface area contributed by atoms with Crippen molar-refractivity contribution in [1.82, 2.24) is 19.2 Å². The Morgan fingerprint density at radius 1 is 1.46 bits per heavy atom. The van der Waals surface area contributed by atoms with E-state index in [-0.39, 0.29) is 5.56 Å². The zero-order chi connectivity index (χ0) is 17.1. The van der Waals surface area contributed by atoms with Crippen LogP contribution in [0.3, 0.4) is 0 Å². The van der Waals surface area contributed by atoms with Crippen LogP contribution in [-0.4, -0.2) is 19.2 Å². The molecule has 5 nitrogen and oxygen atoms in total. The average molecular weight is 342 g/mol. The molecule has 0 bridgehead atoms. The summed E-state index contributed by atoms with van der Waals surface area (Å²) in [4.78, 5) is 15.4. The van der Waals surface area contributed by atoms with Gasteiger partial charge in [-0.15, -0.1) is 28.1 Å². The number of aryl methyl sites for hydroxylation is 1. The fraction of sp³-hybridized carbons (Fsp3) is 0.500. The number of rotatable bonds is 2. The van der Waals surface area contributed by atoms with Crippen LogP contribution in [0.5, 0.6) is 0 Å². The molecule has 0 radical (unpaired) electrons. The van der Waals surface area contributed by atoms with Crippen LogP contribution in [0.25, 0.3) is 16.0 Å². The van der Waals surface area contributed by atoms with Crippen molar-refractivity contribution in [3.05, 3.63) is 39.8 Å². The van der Waals surface area contributed by atoms with Crippen molar-refractivity contribution < 1.29 is 0 Å². The lowest BCUT2D eigenvalue weighted by molar-refractivity contribution is 0.218. The molecular weight excluding hydrogens is 320 g/mol. The molecule has 0 saturated heterocycles. The minimum absolute atomic E-state index is 0.0390. The summed E-state index contributed by atoms with van der Waals surface area (Å²) in [6.07, 6.45) is 6.62. The van der Waals surface area contributed by atoms with E-state index in [9.17, 15) is 4.79 Å². The van der Waals surface area contributed by atoms with Gasteiger partial charge in [-0.25, -0.2) is 0 Å². The lowest BCUT2D eigenvalue weighted by Gasteiger charge is -2.33. The van der Waals surface area contributed by atoms with Crippen LogP contribution in [0.2, 0.25) is 0 Å². The highest BCUT2D eigenvalue weighted by atomic mass is 32.1. The summed E-state index contributed by atoms with van der Waals surface area (Å²) in [5, 5.41) is 9.02. The summed E-state index contributed by atoms with van der Waals surface area (Å²) in [6, 6.07) is 0. The van der Waals surface area contributed by atoms with Gasteiger partial charge in [-0.2, -0.15) is 0 Å². The van der Waals surface area contributed by atoms with Gasteiger partial charge in [-0.05, 0) is 36.2 Å². The molecule has 0 N–H and O–H groups in total. The summed E-state index contributed by atoms with van der Waals surface area (Å²) >= 11 is 1.74. The first-order valence-corrected chi connectivity index (χ1v) is 9.21. The minimum Gasteiger partial charge on any atom is -0.272 e. The largest absolute Gasteiger partial charge is 0.272 e. The highest BCUT2D eigenvalue weighted by Gasteiger charge is 2.32. The van der Waals surface area contributed by atoms with E-state index in [4.69, 9.17) is 0 Å². The standard InChI is InChI=1S/C18H22N4OS/c1-5-8-21-15(23)14-12-7-6-11(18(2,3)4)9-13(12)24-16(14)22-10-19-20-17(21)22/h5,10-11H,1,6-9H2,2-4H3. The molecule has 0 amide bonds. The van der Waals surface area contributed by atoms with Crippen LogP contribution in [0.4, 0.5) is 0 Å². The molecule has 24 heavy (non-hydrogen) atoms. The van der Waals surface area contributed by atoms with E-state index in [2.05, 4.69) is 37.5 Å². The normalized spacial score (nSPS) is 18.2. The summed E-state index contributed by atoms with van der Waals surface area (Å²) in [5.74, 6) is 1.25. The summed E-state index contributed by atoms with van der Waals surface area (Å²) < 4.78 is 3.63. The first kappa shape index (κ1) is 15.6. The van der Waals surface area contributed by atoms with Crippen molar-refractivity contribution in [2.24, 2.45) is 11.3 Å². The van der Waals surface area contributed by atoms with E-state index in [0.29, 0.717) is 23.7 Å². The van der Waals surface area contributed by atoms with Crippen molar-refractivity contribution >= 4 is 27.3 Å². The molecule has 3 aromatic heterocycles. The van der Waals surface area contributed by atoms with Crippen molar-refractivity contribution in [3.8, 4) is 0 Å². The van der Waals surface area contributed by atoms with Crippen molar-refractivity contribution in [2.45, 2.75) is 46.6 Å². The van der Waals surface area contributed by atoms with Crippen LogP contribution < -0.4 is 5.56 Å². The molecular formula is C18H22N4OS. The van der Waals surface area contributed by atoms with E-state index < -0.39 is 0 Å². The van der Waals surface area contributed by atoms with Crippen molar-refractivity contribution in [1.29, 1.82) is 0 Å². The Hall–Kier alpha value is -1.95. The maximum atomic E-state index is 13.1. The van der Waals surface area contributed by atoms with Crippen LogP contribution in [0, 0.1) is 11.3 Å². The van der Waals surface area contributed by atoms with Gasteiger partial charge in [0, 0.05) is 11.4 Å². The van der Waals surface area contributed by atoms with Gasteiger partial charge in [0.25, 0.3) is 5.56 Å². The van der Waals surface area contributed by atoms with E-state index in [0.717, 1.165) is 29.5 Å². The van der Waals surface area contributed by atoms with Crippen LogP contribution in [0.15, 0.2) is 23.8 Å². The van der Waals surface area contributed by atoms with Gasteiger partial charge in [-0.3, -0.25) is 13.8 Å². The lowest BCUT2D eigenvalue weighted by atomic mass is 9.72. The number of hydrogen-bond donors (Lipinski definition) is 0. The van der Waals surface area contributed by atoms with Gasteiger partial charge < -0.3 is 0 Å². The minimum atomic E-state index is 0.0390. The molecule has 126 valence electrons. The van der Waals surface area contributed by atoms with E-state index in [1.807, 2.05) is 4.40 Å². The molecule has 0 fully saturated rings. The third-order valence-corrected chi connectivity index (χ3v) is 6.49. The number of aromatic nitrogens is 4. The number of fused-ring (bicyclic) bond motifs is 5. The van der Waals surface area contributed by atoms with Crippen molar-refractivity contribution in [3.63, 3.8) is 0 Å². The Morgan fingerprint density at radius 2 is 2.25 bits per heavy atom. The molecule has 3 aromatic rings. The topological polar surface area (TPSA) is 52.2 Å². The molecule has 4 rings (SSSR count). The quantitative estimate of drug-likeness (QED) is 0.670. The Morgan fingerprint density at radius 3 is 2.96 bits per heavy atom. The fourth-order valence-corrected chi connectivity index (χ4v) is 5.16. The smallest absolute Gasteiger partial charge is 0.264 e. The Labute approximate surface area is 144 Å². The predicted octanol–water partition coefficient (Wildman–Crippen LogP) is 3.44. The molecule has 0 aromatic carbocycles. The monoisotopic (exact) mass is 342 g/mol. The zero-order valence-corrected chi connectivity index (χ0v) is 15.2. The second kappa shape index (κ2) is 5.28. The van der Waals surface area contributed by atoms with Gasteiger partial charge in [0.15, 0.2) is 0 Å². The average Bonchev–Trinajstić information content (AvgIpc) is 3.13. The maximum absolute atomic E-state index is 13.1. The molecule has 1 aliphatic rings. The van der Waals surface area contributed by atoms with Crippen LogP contribution >= 0.6 is 11.3 Å².